The van der Waals surface area contributed by atoms with E-state index in [1.54, 1.807) is 0 Å². The fourth-order valence-corrected chi connectivity index (χ4v) is 2.80. The lowest BCUT2D eigenvalue weighted by Gasteiger charge is -2.06. The van der Waals surface area contributed by atoms with Gasteiger partial charge in [0.25, 0.3) is 0 Å². The Balaban J connectivity index is 1.59. The van der Waals surface area contributed by atoms with E-state index in [-0.39, 0.29) is 5.91 Å². The van der Waals surface area contributed by atoms with Crippen LogP contribution in [0.3, 0.4) is 0 Å². The average molecular weight is 266 g/mol. The first-order chi connectivity index (χ1) is 8.78. The number of nitrogens with zero attached hydrogens (tertiary/aromatic N) is 3. The first-order valence-electron chi connectivity index (χ1n) is 6.63. The molecule has 6 heteroatoms. The quantitative estimate of drug-likeness (QED) is 0.794. The zero-order chi connectivity index (χ0) is 12.5. The van der Waals surface area contributed by atoms with Crippen LogP contribution in [0.15, 0.2) is 5.16 Å². The fourth-order valence-electron chi connectivity index (χ4n) is 1.97. The molecular formula is C12H18N4OS. The van der Waals surface area contributed by atoms with Gasteiger partial charge < -0.3 is 9.88 Å². The Kier molecular flexibility index (Phi) is 3.28. The molecule has 1 aromatic rings. The molecule has 2 aliphatic rings. The van der Waals surface area contributed by atoms with Crippen molar-refractivity contribution in [2.75, 3.05) is 5.75 Å². The maximum Gasteiger partial charge on any atom is 0.230 e. The minimum Gasteiger partial charge on any atom is -0.353 e. The number of amides is 1. The number of aromatic nitrogens is 3. The summed E-state index contributed by atoms with van der Waals surface area (Å²) in [5.41, 5.74) is 0. The molecule has 98 valence electrons. The molecule has 1 heterocycles. The van der Waals surface area contributed by atoms with Crippen LogP contribution in [0.1, 0.15) is 44.3 Å². The maximum atomic E-state index is 11.6. The second-order valence-corrected chi connectivity index (χ2v) is 5.93. The van der Waals surface area contributed by atoms with Gasteiger partial charge in [-0.3, -0.25) is 4.79 Å². The topological polar surface area (TPSA) is 59.8 Å². The highest BCUT2D eigenvalue weighted by atomic mass is 32.2. The minimum atomic E-state index is 0.112. The van der Waals surface area contributed by atoms with Crippen molar-refractivity contribution >= 4 is 17.7 Å². The Hall–Kier alpha value is -1.04. The minimum absolute atomic E-state index is 0.112. The molecule has 0 atom stereocenters. The van der Waals surface area contributed by atoms with Gasteiger partial charge in [-0.05, 0) is 32.6 Å². The van der Waals surface area contributed by atoms with Crippen molar-refractivity contribution in [2.45, 2.75) is 56.3 Å². The van der Waals surface area contributed by atoms with Gasteiger partial charge >= 0.3 is 0 Å². The van der Waals surface area contributed by atoms with Crippen LogP contribution in [0.4, 0.5) is 0 Å². The van der Waals surface area contributed by atoms with Gasteiger partial charge in [0.05, 0.1) is 5.75 Å². The molecule has 0 aromatic carbocycles. The van der Waals surface area contributed by atoms with Gasteiger partial charge in [-0.25, -0.2) is 0 Å². The van der Waals surface area contributed by atoms with E-state index in [4.69, 9.17) is 0 Å². The van der Waals surface area contributed by atoms with E-state index in [0.717, 1.165) is 30.4 Å². The van der Waals surface area contributed by atoms with E-state index in [0.29, 0.717) is 17.7 Å². The first kappa shape index (κ1) is 12.0. The summed E-state index contributed by atoms with van der Waals surface area (Å²) in [6.45, 7) is 2.98. The molecular weight excluding hydrogens is 248 g/mol. The summed E-state index contributed by atoms with van der Waals surface area (Å²) >= 11 is 1.49. The Morgan fingerprint density at radius 3 is 2.78 bits per heavy atom. The van der Waals surface area contributed by atoms with Crippen LogP contribution in [0.2, 0.25) is 0 Å². The molecule has 2 saturated carbocycles. The standard InChI is InChI=1S/C12H18N4OS/c1-2-16-11(8-3-4-8)14-15-12(16)18-7-10(17)13-9-5-6-9/h8-9H,2-7H2,1H3,(H,13,17). The Bertz CT molecular complexity index is 451. The van der Waals surface area contributed by atoms with Gasteiger partial charge in [0.15, 0.2) is 5.16 Å². The van der Waals surface area contributed by atoms with E-state index in [2.05, 4.69) is 27.0 Å². The van der Waals surface area contributed by atoms with Crippen LogP contribution in [-0.2, 0) is 11.3 Å². The molecule has 2 fully saturated rings. The molecule has 0 bridgehead atoms. The fraction of sp³-hybridized carbons (Fsp3) is 0.750. The average Bonchev–Trinajstić information content (AvgIpc) is 3.27. The van der Waals surface area contributed by atoms with Crippen LogP contribution < -0.4 is 5.32 Å². The normalized spacial score (nSPS) is 18.9. The monoisotopic (exact) mass is 266 g/mol. The molecule has 1 N–H and O–H groups in total. The summed E-state index contributed by atoms with van der Waals surface area (Å²) in [4.78, 5) is 11.6. The van der Waals surface area contributed by atoms with Crippen LogP contribution >= 0.6 is 11.8 Å². The summed E-state index contributed by atoms with van der Waals surface area (Å²) in [6.07, 6.45) is 4.72. The highest BCUT2D eigenvalue weighted by Crippen LogP contribution is 2.39. The molecule has 0 aliphatic heterocycles. The second kappa shape index (κ2) is 4.91. The Labute approximate surface area is 111 Å². The zero-order valence-electron chi connectivity index (χ0n) is 10.6. The van der Waals surface area contributed by atoms with Crippen LogP contribution in [-0.4, -0.2) is 32.5 Å². The number of thioether (sulfide) groups is 1. The van der Waals surface area contributed by atoms with E-state index in [1.807, 2.05) is 0 Å². The third kappa shape index (κ3) is 2.68. The van der Waals surface area contributed by atoms with Gasteiger partial charge in [-0.2, -0.15) is 0 Å². The van der Waals surface area contributed by atoms with Crippen molar-refractivity contribution in [1.82, 2.24) is 20.1 Å². The van der Waals surface area contributed by atoms with Gasteiger partial charge in [0.2, 0.25) is 5.91 Å². The Morgan fingerprint density at radius 1 is 1.39 bits per heavy atom. The first-order valence-corrected chi connectivity index (χ1v) is 7.61. The van der Waals surface area contributed by atoms with Crippen molar-refractivity contribution in [3.63, 3.8) is 0 Å². The predicted octanol–water partition coefficient (Wildman–Crippen LogP) is 1.55. The van der Waals surface area contributed by atoms with Gasteiger partial charge in [-0.15, -0.1) is 10.2 Å². The van der Waals surface area contributed by atoms with Gasteiger partial charge in [0.1, 0.15) is 5.82 Å². The summed E-state index contributed by atoms with van der Waals surface area (Å²) in [5.74, 6) is 2.26. The van der Waals surface area contributed by atoms with Crippen molar-refractivity contribution in [3.05, 3.63) is 5.82 Å². The van der Waals surface area contributed by atoms with Crippen LogP contribution in [0.25, 0.3) is 0 Å². The lowest BCUT2D eigenvalue weighted by Crippen LogP contribution is -2.27. The molecule has 1 aromatic heterocycles. The molecule has 5 nitrogen and oxygen atoms in total. The molecule has 2 aliphatic carbocycles. The van der Waals surface area contributed by atoms with Gasteiger partial charge in [-0.1, -0.05) is 11.8 Å². The maximum absolute atomic E-state index is 11.6. The zero-order valence-corrected chi connectivity index (χ0v) is 11.4. The molecule has 0 spiro atoms. The summed E-state index contributed by atoms with van der Waals surface area (Å²) in [7, 11) is 0. The number of carbonyl (C=O) groups excluding carboxylic acids is 1. The van der Waals surface area contributed by atoms with Gasteiger partial charge in [0, 0.05) is 18.5 Å². The lowest BCUT2D eigenvalue weighted by atomic mass is 10.4. The highest BCUT2D eigenvalue weighted by molar-refractivity contribution is 7.99. The highest BCUT2D eigenvalue weighted by Gasteiger charge is 2.30. The summed E-state index contributed by atoms with van der Waals surface area (Å²) in [5, 5.41) is 12.3. The molecule has 0 saturated heterocycles. The molecule has 18 heavy (non-hydrogen) atoms. The smallest absolute Gasteiger partial charge is 0.230 e. The largest absolute Gasteiger partial charge is 0.353 e. The number of rotatable bonds is 6. The third-order valence-corrected chi connectivity index (χ3v) is 4.25. The number of carbonyl (C=O) groups is 1. The van der Waals surface area contributed by atoms with Crippen molar-refractivity contribution in [2.24, 2.45) is 0 Å². The third-order valence-electron chi connectivity index (χ3n) is 3.28. The van der Waals surface area contributed by atoms with Crippen molar-refractivity contribution in [1.29, 1.82) is 0 Å². The van der Waals surface area contributed by atoms with E-state index >= 15 is 0 Å². The molecule has 0 unspecified atom stereocenters. The van der Waals surface area contributed by atoms with E-state index in [1.165, 1.54) is 24.6 Å². The van der Waals surface area contributed by atoms with Crippen molar-refractivity contribution < 1.29 is 4.79 Å². The molecule has 0 radical (unpaired) electrons. The van der Waals surface area contributed by atoms with E-state index in [9.17, 15) is 4.79 Å². The Morgan fingerprint density at radius 2 is 2.17 bits per heavy atom. The van der Waals surface area contributed by atoms with E-state index < -0.39 is 0 Å². The SMILES string of the molecule is CCn1c(SCC(=O)NC2CC2)nnc1C1CC1. The predicted molar refractivity (Wildman–Crippen MR) is 69.6 cm³/mol. The molecule has 3 rings (SSSR count). The number of hydrogen-bond acceptors (Lipinski definition) is 4. The number of hydrogen-bond donors (Lipinski definition) is 1. The number of nitrogens with one attached hydrogen (secondary N) is 1. The van der Waals surface area contributed by atoms with Crippen molar-refractivity contribution in [3.8, 4) is 0 Å². The lowest BCUT2D eigenvalue weighted by molar-refractivity contribution is -0.118. The molecule has 1 amide bonds. The van der Waals surface area contributed by atoms with Crippen LogP contribution in [0.5, 0.6) is 0 Å². The summed E-state index contributed by atoms with van der Waals surface area (Å²) in [6, 6.07) is 0.434. The summed E-state index contributed by atoms with van der Waals surface area (Å²) < 4.78 is 2.15. The van der Waals surface area contributed by atoms with Crippen LogP contribution in [0, 0.1) is 0 Å². The second-order valence-electron chi connectivity index (χ2n) is 4.99.